The van der Waals surface area contributed by atoms with E-state index in [4.69, 9.17) is 16.7 Å². The van der Waals surface area contributed by atoms with Gasteiger partial charge in [0.1, 0.15) is 5.69 Å². The van der Waals surface area contributed by atoms with Crippen molar-refractivity contribution >= 4 is 34.3 Å². The normalized spacial score (nSPS) is 15.1. The van der Waals surface area contributed by atoms with Crippen LogP contribution in [0.3, 0.4) is 0 Å². The molecule has 4 rings (SSSR count). The summed E-state index contributed by atoms with van der Waals surface area (Å²) in [5.41, 5.74) is 1.09. The first-order valence-electron chi connectivity index (χ1n) is 9.41. The van der Waals surface area contributed by atoms with Gasteiger partial charge in [0.05, 0.1) is 5.52 Å². The molecule has 1 fully saturated rings. The number of anilines is 1. The summed E-state index contributed by atoms with van der Waals surface area (Å²) in [7, 11) is 0. The summed E-state index contributed by atoms with van der Waals surface area (Å²) in [4.78, 5) is 14.4. The molecule has 2 aromatic carbocycles. The monoisotopic (exact) mass is 437 g/mol. The van der Waals surface area contributed by atoms with Crippen LogP contribution in [0.15, 0.2) is 48.5 Å². The fourth-order valence-electron chi connectivity index (χ4n) is 3.91. The molecule has 1 N–H and O–H groups in total. The lowest BCUT2D eigenvalue weighted by Crippen LogP contribution is -2.48. The number of fused-ring (bicyclic) bond motifs is 1. The quantitative estimate of drug-likeness (QED) is 0.615. The number of carboxylic acid groups (broad SMARTS) is 1. The Morgan fingerprint density at radius 3 is 2.37 bits per heavy atom. The van der Waals surface area contributed by atoms with Crippen LogP contribution in [-0.2, 0) is 12.7 Å². The highest BCUT2D eigenvalue weighted by Crippen LogP contribution is 2.38. The van der Waals surface area contributed by atoms with Crippen molar-refractivity contribution in [2.45, 2.75) is 12.7 Å². The zero-order valence-corrected chi connectivity index (χ0v) is 16.6. The molecule has 1 aliphatic rings. The predicted octanol–water partition coefficient (Wildman–Crippen LogP) is 5.16. The van der Waals surface area contributed by atoms with Gasteiger partial charge in [0.15, 0.2) is 0 Å². The van der Waals surface area contributed by atoms with Gasteiger partial charge >= 0.3 is 12.3 Å². The maximum Gasteiger partial charge on any atom is 0.431 e. The van der Waals surface area contributed by atoms with Crippen molar-refractivity contribution in [1.82, 2.24) is 9.47 Å². The van der Waals surface area contributed by atoms with E-state index in [2.05, 4.69) is 0 Å². The summed E-state index contributed by atoms with van der Waals surface area (Å²) < 4.78 is 42.8. The van der Waals surface area contributed by atoms with Crippen LogP contribution in [-0.4, -0.2) is 46.8 Å². The highest BCUT2D eigenvalue weighted by atomic mass is 35.5. The van der Waals surface area contributed by atoms with E-state index in [1.54, 1.807) is 42.5 Å². The third kappa shape index (κ3) is 3.92. The average molecular weight is 438 g/mol. The number of alkyl halides is 3. The Kier molecular flexibility index (Phi) is 5.27. The van der Waals surface area contributed by atoms with E-state index in [1.165, 1.54) is 15.5 Å². The number of hydrogen-bond acceptors (Lipinski definition) is 2. The van der Waals surface area contributed by atoms with Gasteiger partial charge in [-0.25, -0.2) is 4.79 Å². The highest BCUT2D eigenvalue weighted by molar-refractivity contribution is 6.30. The van der Waals surface area contributed by atoms with Crippen LogP contribution in [0.5, 0.6) is 0 Å². The van der Waals surface area contributed by atoms with Gasteiger partial charge in [0, 0.05) is 48.8 Å². The molecule has 0 spiro atoms. The first kappa shape index (κ1) is 20.4. The Balaban J connectivity index is 1.76. The van der Waals surface area contributed by atoms with E-state index in [1.807, 2.05) is 4.90 Å². The Labute approximate surface area is 175 Å². The lowest BCUT2D eigenvalue weighted by atomic mass is 10.1. The molecule has 30 heavy (non-hydrogen) atoms. The lowest BCUT2D eigenvalue weighted by Gasteiger charge is -2.35. The van der Waals surface area contributed by atoms with Crippen molar-refractivity contribution in [3.8, 4) is 0 Å². The molecule has 0 aliphatic carbocycles. The van der Waals surface area contributed by atoms with Gasteiger partial charge in [-0.2, -0.15) is 13.2 Å². The van der Waals surface area contributed by atoms with Crippen molar-refractivity contribution in [2.24, 2.45) is 0 Å². The van der Waals surface area contributed by atoms with Crippen LogP contribution in [0.2, 0.25) is 5.02 Å². The second-order valence-corrected chi connectivity index (χ2v) is 7.65. The second kappa shape index (κ2) is 7.75. The van der Waals surface area contributed by atoms with Gasteiger partial charge in [-0.15, -0.1) is 0 Å². The Bertz CT molecular complexity index is 1090. The van der Waals surface area contributed by atoms with Crippen LogP contribution in [0.25, 0.3) is 10.9 Å². The second-order valence-electron chi connectivity index (χ2n) is 7.21. The summed E-state index contributed by atoms with van der Waals surface area (Å²) in [5.74, 6) is 0. The molecule has 0 atom stereocenters. The van der Waals surface area contributed by atoms with Gasteiger partial charge in [0.2, 0.25) is 0 Å². The van der Waals surface area contributed by atoms with Gasteiger partial charge < -0.3 is 19.5 Å². The van der Waals surface area contributed by atoms with Crippen LogP contribution in [0.4, 0.5) is 23.7 Å². The third-order valence-corrected chi connectivity index (χ3v) is 5.57. The molecule has 158 valence electrons. The van der Waals surface area contributed by atoms with Crippen molar-refractivity contribution < 1.29 is 23.1 Å². The first-order valence-corrected chi connectivity index (χ1v) is 9.78. The van der Waals surface area contributed by atoms with E-state index in [0.29, 0.717) is 53.4 Å². The van der Waals surface area contributed by atoms with Crippen LogP contribution in [0.1, 0.15) is 11.3 Å². The molecule has 0 unspecified atom stereocenters. The molecule has 1 aliphatic heterocycles. The predicted molar refractivity (Wildman–Crippen MR) is 109 cm³/mol. The van der Waals surface area contributed by atoms with E-state index in [9.17, 15) is 18.0 Å². The maximum absolute atomic E-state index is 13.9. The summed E-state index contributed by atoms with van der Waals surface area (Å²) in [6.07, 6.45) is -5.50. The van der Waals surface area contributed by atoms with Crippen LogP contribution >= 0.6 is 11.6 Å². The Morgan fingerprint density at radius 2 is 1.73 bits per heavy atom. The molecular formula is C21H19ClF3N3O2. The van der Waals surface area contributed by atoms with Crippen LogP contribution < -0.4 is 4.90 Å². The number of rotatable bonds is 3. The zero-order valence-electron chi connectivity index (χ0n) is 15.9. The molecular weight excluding hydrogens is 419 g/mol. The molecule has 9 heteroatoms. The molecule has 1 saturated heterocycles. The first-order chi connectivity index (χ1) is 14.2. The third-order valence-electron chi connectivity index (χ3n) is 5.33. The number of aromatic nitrogens is 1. The van der Waals surface area contributed by atoms with Gasteiger partial charge in [-0.05, 0) is 35.9 Å². The van der Waals surface area contributed by atoms with E-state index >= 15 is 0 Å². The Morgan fingerprint density at radius 1 is 1.03 bits per heavy atom. The molecule has 1 aromatic heterocycles. The average Bonchev–Trinajstić information content (AvgIpc) is 3.07. The van der Waals surface area contributed by atoms with Gasteiger partial charge in [-0.1, -0.05) is 29.8 Å². The van der Waals surface area contributed by atoms with Gasteiger partial charge in [0.25, 0.3) is 0 Å². The number of piperazine rings is 1. The van der Waals surface area contributed by atoms with E-state index in [0.717, 1.165) is 0 Å². The highest BCUT2D eigenvalue weighted by Gasteiger charge is 2.36. The van der Waals surface area contributed by atoms with Gasteiger partial charge in [-0.3, -0.25) is 0 Å². The lowest BCUT2D eigenvalue weighted by molar-refractivity contribution is -0.143. The summed E-state index contributed by atoms with van der Waals surface area (Å²) >= 11 is 6.01. The van der Waals surface area contributed by atoms with Crippen molar-refractivity contribution in [1.29, 1.82) is 0 Å². The Hall–Kier alpha value is -2.87. The number of hydrogen-bond donors (Lipinski definition) is 1. The SMILES string of the molecule is O=C(O)N1CCN(c2cccc3c2cc(C(F)(F)F)n3Cc2cccc(Cl)c2)CC1. The minimum absolute atomic E-state index is 0.0369. The largest absolute Gasteiger partial charge is 0.465 e. The van der Waals surface area contributed by atoms with E-state index < -0.39 is 18.0 Å². The number of nitrogens with zero attached hydrogens (tertiary/aromatic N) is 3. The van der Waals surface area contributed by atoms with E-state index in [-0.39, 0.29) is 6.54 Å². The fraction of sp³-hybridized carbons (Fsp3) is 0.286. The van der Waals surface area contributed by atoms with Crippen molar-refractivity contribution in [3.05, 3.63) is 64.8 Å². The molecule has 5 nitrogen and oxygen atoms in total. The molecule has 0 saturated carbocycles. The topological polar surface area (TPSA) is 48.7 Å². The maximum atomic E-state index is 13.9. The number of carbonyl (C=O) groups is 1. The summed E-state index contributed by atoms with van der Waals surface area (Å²) in [5, 5.41) is 10.1. The minimum atomic E-state index is -4.52. The standard InChI is InChI=1S/C21H19ClF3N3O2/c22-15-4-1-3-14(11-15)13-28-18-6-2-5-17(16(18)12-19(28)21(23,24)25)26-7-9-27(10-8-26)20(29)30/h1-6,11-12H,7-10,13H2,(H,29,30). The number of halogens is 4. The number of amides is 1. The number of benzene rings is 2. The fourth-order valence-corrected chi connectivity index (χ4v) is 4.12. The minimum Gasteiger partial charge on any atom is -0.465 e. The summed E-state index contributed by atoms with van der Waals surface area (Å²) in [6, 6.07) is 13.2. The zero-order chi connectivity index (χ0) is 21.5. The van der Waals surface area contributed by atoms with Crippen LogP contribution in [0, 0.1) is 0 Å². The summed E-state index contributed by atoms with van der Waals surface area (Å²) in [6.45, 7) is 1.50. The smallest absolute Gasteiger partial charge is 0.431 e. The van der Waals surface area contributed by atoms with Crippen molar-refractivity contribution in [2.75, 3.05) is 31.1 Å². The van der Waals surface area contributed by atoms with Crippen molar-refractivity contribution in [3.63, 3.8) is 0 Å². The molecule has 0 radical (unpaired) electrons. The molecule has 3 aromatic rings. The molecule has 1 amide bonds. The molecule has 2 heterocycles. The molecule has 0 bridgehead atoms.